The summed E-state index contributed by atoms with van der Waals surface area (Å²) in [4.78, 5) is 11.2. The van der Waals surface area contributed by atoms with Crippen LogP contribution >= 0.6 is 22.9 Å². The molecule has 24 heavy (non-hydrogen) atoms. The van der Waals surface area contributed by atoms with Gasteiger partial charge in [0.1, 0.15) is 5.75 Å². The molecule has 5 nitrogen and oxygen atoms in total. The maximum atomic E-state index is 11.2. The second kappa shape index (κ2) is 6.37. The third kappa shape index (κ3) is 2.95. The van der Waals surface area contributed by atoms with Gasteiger partial charge in [-0.25, -0.2) is 0 Å². The van der Waals surface area contributed by atoms with E-state index in [9.17, 15) is 15.0 Å². The summed E-state index contributed by atoms with van der Waals surface area (Å²) in [6.07, 6.45) is -0.108. The van der Waals surface area contributed by atoms with E-state index in [1.165, 1.54) is 17.4 Å². The van der Waals surface area contributed by atoms with Crippen LogP contribution in [0.3, 0.4) is 0 Å². The monoisotopic (exact) mass is 365 g/mol. The molecule has 0 saturated carbocycles. The number of hydrogen-bond donors (Lipinski definition) is 2. The lowest BCUT2D eigenvalue weighted by Crippen LogP contribution is -2.04. The van der Waals surface area contributed by atoms with Crippen molar-refractivity contribution < 1.29 is 19.7 Å². The van der Waals surface area contributed by atoms with E-state index in [1.807, 2.05) is 22.9 Å². The molecule has 7 heteroatoms. The Balaban J connectivity index is 2.16. The lowest BCUT2D eigenvalue weighted by molar-refractivity contribution is -0.136. The van der Waals surface area contributed by atoms with E-state index < -0.39 is 5.97 Å². The summed E-state index contributed by atoms with van der Waals surface area (Å²) in [5.41, 5.74) is 3.39. The minimum Gasteiger partial charge on any atom is -0.506 e. The smallest absolute Gasteiger partial charge is 0.307 e. The Kier molecular flexibility index (Phi) is 4.43. The van der Waals surface area contributed by atoms with Crippen molar-refractivity contribution in [1.82, 2.24) is 4.57 Å². The van der Waals surface area contributed by atoms with Gasteiger partial charge >= 0.3 is 5.97 Å². The van der Waals surface area contributed by atoms with E-state index in [-0.39, 0.29) is 17.2 Å². The summed E-state index contributed by atoms with van der Waals surface area (Å²) in [6.45, 7) is 2.45. The molecule has 3 rings (SSSR count). The van der Waals surface area contributed by atoms with Crippen LogP contribution in [-0.2, 0) is 17.8 Å². The lowest BCUT2D eigenvalue weighted by atomic mass is 10.1. The zero-order chi connectivity index (χ0) is 17.4. The molecule has 0 spiro atoms. The van der Waals surface area contributed by atoms with E-state index in [1.54, 1.807) is 13.2 Å². The Bertz CT molecular complexity index is 928. The number of thiophene rings is 1. The second-order valence-corrected chi connectivity index (χ2v) is 6.80. The zero-order valence-corrected chi connectivity index (χ0v) is 14.7. The number of phenols is 1. The highest BCUT2D eigenvalue weighted by molar-refractivity contribution is 7.12. The molecule has 0 radical (unpaired) electrons. The number of carboxylic acids is 1. The quantitative estimate of drug-likeness (QED) is 0.715. The van der Waals surface area contributed by atoms with Crippen LogP contribution in [0.4, 0.5) is 0 Å². The molecule has 0 atom stereocenters. The van der Waals surface area contributed by atoms with E-state index >= 15 is 0 Å². The normalized spacial score (nSPS) is 11.1. The minimum absolute atomic E-state index is 0.0508. The minimum atomic E-state index is -0.913. The molecule has 0 aliphatic carbocycles. The third-order valence-electron chi connectivity index (χ3n) is 4.02. The number of phenolic OH excluding ortho intramolecular Hbond substituents is 1. The van der Waals surface area contributed by atoms with Gasteiger partial charge in [-0.2, -0.15) is 0 Å². The van der Waals surface area contributed by atoms with Gasteiger partial charge in [0.15, 0.2) is 5.06 Å². The van der Waals surface area contributed by atoms with Crippen LogP contribution < -0.4 is 4.74 Å². The van der Waals surface area contributed by atoms with Crippen molar-refractivity contribution in [3.63, 3.8) is 0 Å². The van der Waals surface area contributed by atoms with Gasteiger partial charge in [0.2, 0.25) is 0 Å². The highest BCUT2D eigenvalue weighted by Gasteiger charge is 2.19. The average molecular weight is 366 g/mol. The number of rotatable bonds is 5. The molecule has 1 aromatic carbocycles. The molecule has 2 heterocycles. The number of benzene rings is 1. The molecular weight excluding hydrogens is 350 g/mol. The number of ether oxygens (including phenoxy) is 1. The first kappa shape index (κ1) is 16.7. The van der Waals surface area contributed by atoms with Crippen LogP contribution in [0.25, 0.3) is 10.9 Å². The summed E-state index contributed by atoms with van der Waals surface area (Å²) < 4.78 is 7.23. The van der Waals surface area contributed by atoms with Gasteiger partial charge in [-0.05, 0) is 41.6 Å². The summed E-state index contributed by atoms with van der Waals surface area (Å²) in [5, 5.41) is 22.9. The number of carbonyl (C=O) groups is 1. The fraction of sp³-hybridized carbons (Fsp3) is 0.235. The topological polar surface area (TPSA) is 71.7 Å². The van der Waals surface area contributed by atoms with Crippen LogP contribution in [0.2, 0.25) is 5.02 Å². The molecule has 2 aromatic heterocycles. The van der Waals surface area contributed by atoms with Gasteiger partial charge in [0.25, 0.3) is 0 Å². The molecule has 0 amide bonds. The molecule has 0 saturated heterocycles. The molecule has 0 unspecified atom stereocenters. The SMILES string of the molecule is COc1cc(Cn2c(C)c(CC(=O)O)c3cc(O)c(Cl)cc32)cs1. The number of halogens is 1. The van der Waals surface area contributed by atoms with Gasteiger partial charge in [-0.1, -0.05) is 11.6 Å². The first-order valence-electron chi connectivity index (χ1n) is 7.24. The summed E-state index contributed by atoms with van der Waals surface area (Å²) >= 11 is 7.57. The molecule has 3 aromatic rings. The molecule has 0 bridgehead atoms. The van der Waals surface area contributed by atoms with Crippen molar-refractivity contribution in [2.45, 2.75) is 19.9 Å². The van der Waals surface area contributed by atoms with Gasteiger partial charge in [0.05, 0.1) is 24.1 Å². The maximum Gasteiger partial charge on any atom is 0.307 e. The molecular formula is C17H16ClNO4S. The fourth-order valence-corrected chi connectivity index (χ4v) is 3.74. The van der Waals surface area contributed by atoms with Crippen molar-refractivity contribution in [2.24, 2.45) is 0 Å². The van der Waals surface area contributed by atoms with Crippen molar-refractivity contribution in [2.75, 3.05) is 7.11 Å². The van der Waals surface area contributed by atoms with E-state index in [0.29, 0.717) is 17.5 Å². The number of aromatic nitrogens is 1. The predicted molar refractivity (Wildman–Crippen MR) is 94.7 cm³/mol. The molecule has 2 N–H and O–H groups in total. The molecule has 0 aliphatic rings. The van der Waals surface area contributed by atoms with Crippen molar-refractivity contribution in [3.8, 4) is 10.8 Å². The van der Waals surface area contributed by atoms with Gasteiger partial charge in [-0.15, -0.1) is 11.3 Å². The molecule has 126 valence electrons. The number of hydrogen-bond acceptors (Lipinski definition) is 4. The Hall–Kier alpha value is -2.18. The number of aliphatic carboxylic acids is 1. The highest BCUT2D eigenvalue weighted by Crippen LogP contribution is 2.35. The lowest BCUT2D eigenvalue weighted by Gasteiger charge is -2.08. The Labute approximate surface area is 147 Å². The van der Waals surface area contributed by atoms with Crippen LogP contribution in [0.5, 0.6) is 10.8 Å². The van der Waals surface area contributed by atoms with Gasteiger partial charge < -0.3 is 19.5 Å². The van der Waals surface area contributed by atoms with E-state index in [2.05, 4.69) is 0 Å². The van der Waals surface area contributed by atoms with Crippen LogP contribution in [-0.4, -0.2) is 27.9 Å². The van der Waals surface area contributed by atoms with Crippen LogP contribution in [0, 0.1) is 6.92 Å². The first-order valence-corrected chi connectivity index (χ1v) is 8.49. The highest BCUT2D eigenvalue weighted by atomic mass is 35.5. The van der Waals surface area contributed by atoms with Crippen molar-refractivity contribution in [1.29, 1.82) is 0 Å². The Morgan fingerprint density at radius 3 is 2.75 bits per heavy atom. The van der Waals surface area contributed by atoms with Crippen molar-refractivity contribution in [3.05, 3.63) is 45.4 Å². The maximum absolute atomic E-state index is 11.2. The van der Waals surface area contributed by atoms with Crippen molar-refractivity contribution >= 4 is 39.8 Å². The Morgan fingerprint density at radius 1 is 1.38 bits per heavy atom. The third-order valence-corrected chi connectivity index (χ3v) is 5.26. The molecule has 0 aliphatic heterocycles. The summed E-state index contributed by atoms with van der Waals surface area (Å²) in [5.74, 6) is -0.964. The average Bonchev–Trinajstić information content (AvgIpc) is 3.07. The largest absolute Gasteiger partial charge is 0.506 e. The van der Waals surface area contributed by atoms with Gasteiger partial charge in [0, 0.05) is 17.6 Å². The van der Waals surface area contributed by atoms with Gasteiger partial charge in [-0.3, -0.25) is 4.79 Å². The summed E-state index contributed by atoms with van der Waals surface area (Å²) in [6, 6.07) is 5.16. The zero-order valence-electron chi connectivity index (χ0n) is 13.2. The van der Waals surface area contributed by atoms with E-state index in [4.69, 9.17) is 16.3 Å². The standard InChI is InChI=1S/C17H16ClNO4S/c1-9-11(5-16(21)22)12-4-15(20)13(18)6-14(12)19(9)7-10-3-17(23-2)24-8-10/h3-4,6,8,20H,5,7H2,1-2H3,(H,21,22). The number of carboxylic acid groups (broad SMARTS) is 1. The van der Waals surface area contributed by atoms with E-state index in [0.717, 1.165) is 21.8 Å². The van der Waals surface area contributed by atoms with Crippen LogP contribution in [0.1, 0.15) is 16.8 Å². The summed E-state index contributed by atoms with van der Waals surface area (Å²) in [7, 11) is 1.62. The molecule has 0 fully saturated rings. The fourth-order valence-electron chi connectivity index (χ4n) is 2.86. The van der Waals surface area contributed by atoms with Crippen LogP contribution in [0.15, 0.2) is 23.6 Å². The number of fused-ring (bicyclic) bond motifs is 1. The first-order chi connectivity index (χ1) is 11.4. The second-order valence-electron chi connectivity index (χ2n) is 5.52. The Morgan fingerprint density at radius 2 is 2.12 bits per heavy atom. The number of methoxy groups -OCH3 is 1. The number of nitrogens with zero attached hydrogens (tertiary/aromatic N) is 1. The number of aromatic hydroxyl groups is 1. The predicted octanol–water partition coefficient (Wildman–Crippen LogP) is 4.05.